The fourth-order valence-corrected chi connectivity index (χ4v) is 4.15. The van der Waals surface area contributed by atoms with Gasteiger partial charge in [0, 0.05) is 32.7 Å². The number of amides is 1. The number of nitrogens with zero attached hydrogens (tertiary/aromatic N) is 2. The van der Waals surface area contributed by atoms with Crippen LogP contribution in [0.1, 0.15) is 9.67 Å². The predicted octanol–water partition coefficient (Wildman–Crippen LogP) is 3.74. The quantitative estimate of drug-likeness (QED) is 0.581. The molecule has 2 aromatic carbocycles. The molecule has 4 rings (SSSR count). The number of β-amino-alcohol motifs (C(OH)–C–C–N with tert-alkyl or cyclic N) is 1. The number of rotatable bonds is 8. The Labute approximate surface area is 186 Å². The van der Waals surface area contributed by atoms with E-state index in [4.69, 9.17) is 9.47 Å². The molecule has 0 aliphatic carbocycles. The van der Waals surface area contributed by atoms with E-state index < -0.39 is 6.10 Å². The van der Waals surface area contributed by atoms with Crippen LogP contribution in [0.5, 0.6) is 17.2 Å². The van der Waals surface area contributed by atoms with E-state index in [-0.39, 0.29) is 12.5 Å². The van der Waals surface area contributed by atoms with E-state index in [9.17, 15) is 9.90 Å². The molecule has 1 atom stereocenters. The number of hydrogen-bond donors (Lipinski definition) is 1. The van der Waals surface area contributed by atoms with Crippen LogP contribution < -0.4 is 9.47 Å². The molecule has 1 aromatic heterocycles. The molecule has 2 heterocycles. The maximum atomic E-state index is 12.4. The smallest absolute Gasteiger partial charge is 0.264 e. The van der Waals surface area contributed by atoms with Crippen LogP contribution in [0.3, 0.4) is 0 Å². The van der Waals surface area contributed by atoms with E-state index in [1.807, 2.05) is 77.0 Å². The average Bonchev–Trinajstić information content (AvgIpc) is 3.34. The fraction of sp³-hybridized carbons (Fsp3) is 0.292. The summed E-state index contributed by atoms with van der Waals surface area (Å²) in [6.45, 7) is 3.59. The standard InChI is InChI=1S/C24H26N2O4S/c27-19(17-25-12-14-26(15-13-25)24(28)23-7-4-16-31-23)18-29-20-8-10-22(11-9-20)30-21-5-2-1-3-6-21/h1-11,16,19,27H,12-15,17-18H2/t19-/m0/s1. The summed E-state index contributed by atoms with van der Waals surface area (Å²) in [6, 6.07) is 20.7. The van der Waals surface area contributed by atoms with Crippen LogP contribution >= 0.6 is 11.3 Å². The molecule has 31 heavy (non-hydrogen) atoms. The minimum absolute atomic E-state index is 0.0956. The highest BCUT2D eigenvalue weighted by molar-refractivity contribution is 7.12. The molecule has 1 amide bonds. The van der Waals surface area contributed by atoms with E-state index in [1.165, 1.54) is 11.3 Å². The Morgan fingerprint density at radius 1 is 0.903 bits per heavy atom. The summed E-state index contributed by atoms with van der Waals surface area (Å²) in [5.74, 6) is 2.29. The fourth-order valence-electron chi connectivity index (χ4n) is 3.46. The molecule has 7 heteroatoms. The number of hydrogen-bond acceptors (Lipinski definition) is 6. The first-order valence-corrected chi connectivity index (χ1v) is 11.2. The van der Waals surface area contributed by atoms with Crippen molar-refractivity contribution in [1.82, 2.24) is 9.80 Å². The zero-order valence-electron chi connectivity index (χ0n) is 17.2. The summed E-state index contributed by atoms with van der Waals surface area (Å²) in [4.78, 5) is 17.2. The lowest BCUT2D eigenvalue weighted by atomic mass is 10.2. The van der Waals surface area contributed by atoms with Crippen molar-refractivity contribution >= 4 is 17.2 Å². The highest BCUT2D eigenvalue weighted by atomic mass is 32.1. The number of thiophene rings is 1. The SMILES string of the molecule is O=C(c1cccs1)N1CCN(C[C@H](O)COc2ccc(Oc3ccccc3)cc2)CC1. The van der Waals surface area contributed by atoms with Gasteiger partial charge >= 0.3 is 0 Å². The van der Waals surface area contributed by atoms with Gasteiger partial charge < -0.3 is 19.5 Å². The van der Waals surface area contributed by atoms with Crippen LogP contribution in [0.15, 0.2) is 72.1 Å². The van der Waals surface area contributed by atoms with Crippen LogP contribution in [0.2, 0.25) is 0 Å². The summed E-state index contributed by atoms with van der Waals surface area (Å²) in [6.07, 6.45) is -0.597. The number of piperazine rings is 1. The van der Waals surface area contributed by atoms with E-state index in [0.717, 1.165) is 29.5 Å². The lowest BCUT2D eigenvalue weighted by Gasteiger charge is -2.35. The van der Waals surface area contributed by atoms with E-state index in [2.05, 4.69) is 4.90 Å². The third-order valence-corrected chi connectivity index (χ3v) is 5.96. The molecule has 0 bridgehead atoms. The topological polar surface area (TPSA) is 62.2 Å². The maximum Gasteiger partial charge on any atom is 0.264 e. The summed E-state index contributed by atoms with van der Waals surface area (Å²) in [5, 5.41) is 12.3. The molecular formula is C24H26N2O4S. The second kappa shape index (κ2) is 10.4. The predicted molar refractivity (Wildman–Crippen MR) is 121 cm³/mol. The third kappa shape index (κ3) is 6.07. The van der Waals surface area contributed by atoms with Crippen molar-refractivity contribution in [1.29, 1.82) is 0 Å². The lowest BCUT2D eigenvalue weighted by molar-refractivity contribution is 0.0406. The average molecular weight is 439 g/mol. The minimum Gasteiger partial charge on any atom is -0.491 e. The summed E-state index contributed by atoms with van der Waals surface area (Å²) < 4.78 is 11.5. The van der Waals surface area contributed by atoms with Gasteiger partial charge in [-0.05, 0) is 47.8 Å². The monoisotopic (exact) mass is 438 g/mol. The molecule has 1 aliphatic rings. The van der Waals surface area contributed by atoms with E-state index >= 15 is 0 Å². The molecule has 6 nitrogen and oxygen atoms in total. The van der Waals surface area contributed by atoms with Gasteiger partial charge in [-0.3, -0.25) is 9.69 Å². The van der Waals surface area contributed by atoms with Gasteiger partial charge in [0.05, 0.1) is 4.88 Å². The lowest BCUT2D eigenvalue weighted by Crippen LogP contribution is -2.50. The molecule has 162 valence electrons. The van der Waals surface area contributed by atoms with Gasteiger partial charge in [0.1, 0.15) is 30.0 Å². The molecule has 1 saturated heterocycles. The third-order valence-electron chi connectivity index (χ3n) is 5.11. The molecule has 1 fully saturated rings. The van der Waals surface area contributed by atoms with Crippen molar-refractivity contribution < 1.29 is 19.4 Å². The number of aliphatic hydroxyl groups excluding tert-OH is 1. The van der Waals surface area contributed by atoms with Crippen molar-refractivity contribution in [3.05, 3.63) is 77.0 Å². The first kappa shape index (κ1) is 21.4. The van der Waals surface area contributed by atoms with Gasteiger partial charge in [0.15, 0.2) is 0 Å². The largest absolute Gasteiger partial charge is 0.491 e. The van der Waals surface area contributed by atoms with Gasteiger partial charge in [-0.2, -0.15) is 0 Å². The normalized spacial score (nSPS) is 15.5. The first-order chi connectivity index (χ1) is 15.2. The highest BCUT2D eigenvalue weighted by Gasteiger charge is 2.24. The number of carbonyl (C=O) groups excluding carboxylic acids is 1. The van der Waals surface area contributed by atoms with Crippen molar-refractivity contribution in [3.8, 4) is 17.2 Å². The highest BCUT2D eigenvalue weighted by Crippen LogP contribution is 2.23. The van der Waals surface area contributed by atoms with Crippen LogP contribution in [0, 0.1) is 0 Å². The zero-order valence-corrected chi connectivity index (χ0v) is 18.0. The van der Waals surface area contributed by atoms with Crippen molar-refractivity contribution in [3.63, 3.8) is 0 Å². The Morgan fingerprint density at radius 3 is 2.26 bits per heavy atom. The van der Waals surface area contributed by atoms with Crippen LogP contribution in [0.4, 0.5) is 0 Å². The molecule has 3 aromatic rings. The minimum atomic E-state index is -0.597. The Kier molecular flexibility index (Phi) is 7.19. The number of carbonyl (C=O) groups is 1. The van der Waals surface area contributed by atoms with Gasteiger partial charge in [-0.1, -0.05) is 24.3 Å². The number of ether oxygens (including phenoxy) is 2. The Hall–Kier alpha value is -2.87. The zero-order chi connectivity index (χ0) is 21.5. The summed E-state index contributed by atoms with van der Waals surface area (Å²) in [7, 11) is 0. The molecule has 0 unspecified atom stereocenters. The van der Waals surface area contributed by atoms with Crippen molar-refractivity contribution in [2.45, 2.75) is 6.10 Å². The molecule has 0 radical (unpaired) electrons. The maximum absolute atomic E-state index is 12.4. The second-order valence-electron chi connectivity index (χ2n) is 7.42. The van der Waals surface area contributed by atoms with Crippen LogP contribution in [0.25, 0.3) is 0 Å². The molecule has 1 aliphatic heterocycles. The first-order valence-electron chi connectivity index (χ1n) is 10.4. The molecule has 0 spiro atoms. The molecule has 1 N–H and O–H groups in total. The second-order valence-corrected chi connectivity index (χ2v) is 8.37. The van der Waals surface area contributed by atoms with Crippen molar-refractivity contribution in [2.24, 2.45) is 0 Å². The van der Waals surface area contributed by atoms with Crippen molar-refractivity contribution in [2.75, 3.05) is 39.3 Å². The van der Waals surface area contributed by atoms with Gasteiger partial charge in [0.25, 0.3) is 5.91 Å². The number of benzene rings is 2. The molecular weight excluding hydrogens is 412 g/mol. The van der Waals surface area contributed by atoms with Crippen LogP contribution in [-0.2, 0) is 0 Å². The number of aliphatic hydroxyl groups is 1. The van der Waals surface area contributed by atoms with Gasteiger partial charge in [-0.25, -0.2) is 0 Å². The van der Waals surface area contributed by atoms with E-state index in [0.29, 0.717) is 25.4 Å². The van der Waals surface area contributed by atoms with Crippen LogP contribution in [-0.4, -0.2) is 66.2 Å². The summed E-state index contributed by atoms with van der Waals surface area (Å²) in [5.41, 5.74) is 0. The summed E-state index contributed by atoms with van der Waals surface area (Å²) >= 11 is 1.47. The number of para-hydroxylation sites is 1. The Morgan fingerprint density at radius 2 is 1.58 bits per heavy atom. The Balaban J connectivity index is 1.17. The van der Waals surface area contributed by atoms with E-state index in [1.54, 1.807) is 0 Å². The molecule has 0 saturated carbocycles. The van der Waals surface area contributed by atoms with Gasteiger partial charge in [-0.15, -0.1) is 11.3 Å². The Bertz CT molecular complexity index is 939. The van der Waals surface area contributed by atoms with Gasteiger partial charge in [0.2, 0.25) is 0 Å².